The van der Waals surface area contributed by atoms with Gasteiger partial charge in [0.05, 0.1) is 31.4 Å². The van der Waals surface area contributed by atoms with Crippen LogP contribution in [0.3, 0.4) is 0 Å². The Bertz CT molecular complexity index is 1140. The Hall–Kier alpha value is -3.19. The Morgan fingerprint density at radius 1 is 1.08 bits per heavy atom. The number of ketones is 2. The summed E-state index contributed by atoms with van der Waals surface area (Å²) in [5.74, 6) is 0.556. The molecule has 1 amide bonds. The van der Waals surface area contributed by atoms with Crippen LogP contribution in [0.1, 0.15) is 91.1 Å². The van der Waals surface area contributed by atoms with Crippen molar-refractivity contribution in [2.75, 3.05) is 26.3 Å². The van der Waals surface area contributed by atoms with Gasteiger partial charge in [0.1, 0.15) is 11.4 Å². The number of ether oxygens (including phenoxy) is 3. The van der Waals surface area contributed by atoms with Crippen molar-refractivity contribution < 1.29 is 28.6 Å². The normalized spacial score (nSPS) is 19.2. The number of hydrogen-bond acceptors (Lipinski definition) is 6. The van der Waals surface area contributed by atoms with Crippen LogP contribution in [-0.4, -0.2) is 60.6 Å². The molecule has 1 fully saturated rings. The summed E-state index contributed by atoms with van der Waals surface area (Å²) in [5, 5.41) is 0. The van der Waals surface area contributed by atoms with Crippen LogP contribution >= 0.6 is 0 Å². The van der Waals surface area contributed by atoms with Crippen LogP contribution in [0.4, 0.5) is 4.79 Å². The second-order valence-corrected chi connectivity index (χ2v) is 10.7. The number of benzene rings is 2. The lowest BCUT2D eigenvalue weighted by atomic mass is 9.88. The molecule has 2 aromatic rings. The molecule has 37 heavy (non-hydrogen) atoms. The number of hydrogen-bond donors (Lipinski definition) is 0. The molecule has 0 aliphatic carbocycles. The van der Waals surface area contributed by atoms with E-state index in [0.717, 1.165) is 11.1 Å². The summed E-state index contributed by atoms with van der Waals surface area (Å²) >= 11 is 0. The van der Waals surface area contributed by atoms with Crippen LogP contribution in [0.2, 0.25) is 0 Å². The van der Waals surface area contributed by atoms with E-state index in [4.69, 9.17) is 14.2 Å². The largest absolute Gasteiger partial charge is 0.492 e. The van der Waals surface area contributed by atoms with Crippen LogP contribution < -0.4 is 4.74 Å². The zero-order valence-corrected chi connectivity index (χ0v) is 22.2. The van der Waals surface area contributed by atoms with E-state index in [2.05, 4.69) is 0 Å². The van der Waals surface area contributed by atoms with Gasteiger partial charge in [0.25, 0.3) is 0 Å². The van der Waals surface area contributed by atoms with Gasteiger partial charge in [-0.3, -0.25) is 9.59 Å². The molecule has 0 aromatic heterocycles. The molecule has 0 radical (unpaired) electrons. The van der Waals surface area contributed by atoms with Gasteiger partial charge in [-0.25, -0.2) is 4.79 Å². The fourth-order valence-electron chi connectivity index (χ4n) is 4.87. The van der Waals surface area contributed by atoms with E-state index in [1.165, 1.54) is 0 Å². The fraction of sp³-hybridized carbons (Fsp3) is 0.500. The third kappa shape index (κ3) is 6.58. The van der Waals surface area contributed by atoms with Gasteiger partial charge >= 0.3 is 6.09 Å². The minimum Gasteiger partial charge on any atom is -0.492 e. The van der Waals surface area contributed by atoms with Crippen molar-refractivity contribution >= 4 is 17.7 Å². The topological polar surface area (TPSA) is 82.1 Å². The summed E-state index contributed by atoms with van der Waals surface area (Å²) in [4.78, 5) is 40.1. The summed E-state index contributed by atoms with van der Waals surface area (Å²) in [6.07, 6.45) is 1.49. The van der Waals surface area contributed by atoms with E-state index in [-0.39, 0.29) is 29.7 Å². The van der Waals surface area contributed by atoms with Gasteiger partial charge < -0.3 is 19.1 Å². The number of Topliss-reactive ketones (excluding diaryl/α,β-unsaturated/α-hetero) is 2. The van der Waals surface area contributed by atoms with Gasteiger partial charge in [-0.15, -0.1) is 0 Å². The molecule has 198 valence electrons. The van der Waals surface area contributed by atoms with Crippen molar-refractivity contribution in [3.63, 3.8) is 0 Å². The summed E-state index contributed by atoms with van der Waals surface area (Å²) in [6, 6.07) is 13.6. The highest BCUT2D eigenvalue weighted by atomic mass is 16.6. The summed E-state index contributed by atoms with van der Waals surface area (Å²) in [6.45, 7) is 9.21. The van der Waals surface area contributed by atoms with Crippen LogP contribution in [0.25, 0.3) is 0 Å². The predicted molar refractivity (Wildman–Crippen MR) is 141 cm³/mol. The Morgan fingerprint density at radius 3 is 2.54 bits per heavy atom. The number of nitrogens with zero attached hydrogens (tertiary/aromatic N) is 1. The van der Waals surface area contributed by atoms with Gasteiger partial charge in [-0.05, 0) is 51.3 Å². The number of carbonyl (C=O) groups excluding carboxylic acids is 3. The molecule has 2 atom stereocenters. The maximum atomic E-state index is 13.2. The zero-order chi connectivity index (χ0) is 26.6. The van der Waals surface area contributed by atoms with Crippen molar-refractivity contribution in [1.29, 1.82) is 0 Å². The number of amides is 1. The molecule has 0 spiro atoms. The molecule has 2 aromatic carbocycles. The average molecular weight is 508 g/mol. The first-order chi connectivity index (χ1) is 17.7. The summed E-state index contributed by atoms with van der Waals surface area (Å²) in [5.41, 5.74) is 2.49. The average Bonchev–Trinajstić information content (AvgIpc) is 3.31. The molecule has 4 rings (SSSR count). The molecule has 2 aliphatic heterocycles. The standard InChI is InChI=1S/C30H37NO6/c1-5-26(32)24-17-21(16-23-25(19-36-28(23)24)20-10-7-6-8-11-20)27(33)13-9-12-22-18-31(14-15-35-22)29(34)37-30(2,3)4/h6-8,10-11,16-17,22,25H,5,9,12-15,18-19H2,1-4H3/t22-,25?/m1/s1. The van der Waals surface area contributed by atoms with E-state index in [1.54, 1.807) is 11.0 Å². The second kappa shape index (κ2) is 11.5. The van der Waals surface area contributed by atoms with Crippen LogP contribution in [0.5, 0.6) is 5.75 Å². The van der Waals surface area contributed by atoms with E-state index in [9.17, 15) is 14.4 Å². The molecule has 1 saturated heterocycles. The number of carbonyl (C=O) groups is 3. The van der Waals surface area contributed by atoms with E-state index in [1.807, 2.05) is 64.1 Å². The fourth-order valence-corrected chi connectivity index (χ4v) is 4.87. The summed E-state index contributed by atoms with van der Waals surface area (Å²) in [7, 11) is 0. The van der Waals surface area contributed by atoms with Crippen molar-refractivity contribution in [1.82, 2.24) is 4.90 Å². The molecule has 2 aliphatic rings. The molecule has 0 bridgehead atoms. The minimum atomic E-state index is -0.546. The van der Waals surface area contributed by atoms with Crippen molar-refractivity contribution in [3.05, 3.63) is 64.7 Å². The molecule has 7 nitrogen and oxygen atoms in total. The molecular weight excluding hydrogens is 470 g/mol. The zero-order valence-electron chi connectivity index (χ0n) is 22.2. The van der Waals surface area contributed by atoms with Crippen molar-refractivity contribution in [2.24, 2.45) is 0 Å². The highest BCUT2D eigenvalue weighted by Gasteiger charge is 2.32. The lowest BCUT2D eigenvalue weighted by molar-refractivity contribution is -0.0450. The van der Waals surface area contributed by atoms with Gasteiger partial charge in [0.15, 0.2) is 11.6 Å². The molecule has 1 unspecified atom stereocenters. The first-order valence-corrected chi connectivity index (χ1v) is 13.2. The molecule has 7 heteroatoms. The van der Waals surface area contributed by atoms with E-state index >= 15 is 0 Å². The molecular formula is C30H37NO6. The number of fused-ring (bicyclic) bond motifs is 1. The van der Waals surface area contributed by atoms with Crippen LogP contribution in [0.15, 0.2) is 42.5 Å². The Labute approximate surface area is 219 Å². The second-order valence-electron chi connectivity index (χ2n) is 10.7. The summed E-state index contributed by atoms with van der Waals surface area (Å²) < 4.78 is 17.3. The smallest absolute Gasteiger partial charge is 0.410 e. The van der Waals surface area contributed by atoms with Gasteiger partial charge in [0.2, 0.25) is 0 Å². The quantitative estimate of drug-likeness (QED) is 0.421. The van der Waals surface area contributed by atoms with Crippen molar-refractivity contribution in [3.8, 4) is 5.75 Å². The Kier molecular flexibility index (Phi) is 8.32. The van der Waals surface area contributed by atoms with Gasteiger partial charge in [0, 0.05) is 36.4 Å². The lowest BCUT2D eigenvalue weighted by Gasteiger charge is -2.34. The van der Waals surface area contributed by atoms with Crippen LogP contribution in [-0.2, 0) is 9.47 Å². The number of rotatable bonds is 8. The van der Waals surface area contributed by atoms with Gasteiger partial charge in [-0.2, -0.15) is 0 Å². The third-order valence-corrected chi connectivity index (χ3v) is 6.75. The molecule has 0 N–H and O–H groups in total. The first-order valence-electron chi connectivity index (χ1n) is 13.2. The molecule has 0 saturated carbocycles. The maximum absolute atomic E-state index is 13.2. The van der Waals surface area contributed by atoms with Gasteiger partial charge in [-0.1, -0.05) is 37.3 Å². The lowest BCUT2D eigenvalue weighted by Crippen LogP contribution is -2.47. The number of morpholine rings is 1. The Morgan fingerprint density at radius 2 is 1.84 bits per heavy atom. The Balaban J connectivity index is 1.42. The highest BCUT2D eigenvalue weighted by Crippen LogP contribution is 2.42. The molecule has 2 heterocycles. The monoisotopic (exact) mass is 507 g/mol. The van der Waals surface area contributed by atoms with Crippen LogP contribution in [0, 0.1) is 0 Å². The highest BCUT2D eigenvalue weighted by molar-refractivity contribution is 6.04. The van der Waals surface area contributed by atoms with E-state index in [0.29, 0.717) is 68.9 Å². The van der Waals surface area contributed by atoms with E-state index < -0.39 is 5.60 Å². The first kappa shape index (κ1) is 26.9. The van der Waals surface area contributed by atoms with Crippen molar-refractivity contribution in [2.45, 2.75) is 71.0 Å². The maximum Gasteiger partial charge on any atom is 0.410 e. The predicted octanol–water partition coefficient (Wildman–Crippen LogP) is 5.79. The minimum absolute atomic E-state index is 0.00790. The SMILES string of the molecule is CCC(=O)c1cc(C(=O)CCC[C@@H]2CN(C(=O)OC(C)(C)C)CCO2)cc2c1OCC2c1ccccc1. The third-order valence-electron chi connectivity index (χ3n) is 6.75.